The number of rotatable bonds is 7. The second-order valence-corrected chi connectivity index (χ2v) is 9.11. The van der Waals surface area contributed by atoms with Crippen LogP contribution in [-0.4, -0.2) is 36.4 Å². The molecule has 2 heterocycles. The van der Waals surface area contributed by atoms with Crippen molar-refractivity contribution in [3.8, 4) is 0 Å². The number of carbonyl (C=O) groups is 1. The van der Waals surface area contributed by atoms with E-state index in [-0.39, 0.29) is 12.1 Å². The molecule has 0 saturated heterocycles. The normalized spacial score (nSPS) is 13.1. The maximum atomic E-state index is 12.2. The summed E-state index contributed by atoms with van der Waals surface area (Å²) in [5.74, 6) is -0.0971. The number of hydrogen-bond acceptors (Lipinski definition) is 5. The van der Waals surface area contributed by atoms with Crippen LogP contribution in [0.2, 0.25) is 0 Å². The van der Waals surface area contributed by atoms with Gasteiger partial charge >= 0.3 is 0 Å². The van der Waals surface area contributed by atoms with Crippen molar-refractivity contribution in [1.82, 2.24) is 20.4 Å². The molecule has 6 nitrogen and oxygen atoms in total. The quantitative estimate of drug-likeness (QED) is 0.344. The lowest BCUT2D eigenvalue weighted by Crippen LogP contribution is -2.18. The minimum atomic E-state index is -0.215. The van der Waals surface area contributed by atoms with Crippen LogP contribution in [0.5, 0.6) is 0 Å². The Balaban J connectivity index is 0.000000898. The van der Waals surface area contributed by atoms with E-state index >= 15 is 0 Å². The molecule has 37 heavy (non-hydrogen) atoms. The molecule has 7 heteroatoms. The van der Waals surface area contributed by atoms with E-state index in [1.807, 2.05) is 74.0 Å². The molecule has 0 fully saturated rings. The second-order valence-electron chi connectivity index (χ2n) is 7.99. The Morgan fingerprint density at radius 3 is 2.59 bits per heavy atom. The molecule has 0 spiro atoms. The number of nitrogens with zero attached hydrogens (tertiary/aromatic N) is 2. The van der Waals surface area contributed by atoms with Crippen LogP contribution in [-0.2, 0) is 4.74 Å². The number of allylic oxidation sites excluding steroid dienone is 3. The van der Waals surface area contributed by atoms with Crippen LogP contribution >= 0.6 is 11.8 Å². The van der Waals surface area contributed by atoms with E-state index in [2.05, 4.69) is 48.8 Å². The van der Waals surface area contributed by atoms with E-state index in [4.69, 9.17) is 9.84 Å². The molecule has 1 aromatic heterocycles. The molecular weight excluding hydrogens is 480 g/mol. The van der Waals surface area contributed by atoms with Crippen LogP contribution in [0.1, 0.15) is 63.3 Å². The molecule has 1 unspecified atom stereocenters. The van der Waals surface area contributed by atoms with Gasteiger partial charge in [-0.1, -0.05) is 70.2 Å². The zero-order valence-electron chi connectivity index (χ0n) is 23.0. The third kappa shape index (κ3) is 8.10. The van der Waals surface area contributed by atoms with Gasteiger partial charge in [-0.2, -0.15) is 5.10 Å². The number of methoxy groups -OCH3 is 1. The molecule has 3 aromatic rings. The fourth-order valence-corrected chi connectivity index (χ4v) is 4.45. The van der Waals surface area contributed by atoms with Gasteiger partial charge in [-0.05, 0) is 55.5 Å². The van der Waals surface area contributed by atoms with Crippen LogP contribution in [0.25, 0.3) is 17.0 Å². The first kappa shape index (κ1) is 29.9. The van der Waals surface area contributed by atoms with Crippen LogP contribution in [0, 0.1) is 0 Å². The summed E-state index contributed by atoms with van der Waals surface area (Å²) in [7, 11) is 3.32. The van der Waals surface area contributed by atoms with Gasteiger partial charge in [0, 0.05) is 41.6 Å². The summed E-state index contributed by atoms with van der Waals surface area (Å²) in [4.78, 5) is 14.2. The van der Waals surface area contributed by atoms with E-state index in [0.717, 1.165) is 38.6 Å². The topological polar surface area (TPSA) is 68.2 Å². The SMILES string of the molecule is CC.CCC.CNC(=O)c1ccccc1Sc1ccc2c(/C=C/C3=CC=CCN3)nn(C(C)OC)c2c1. The number of carbonyl (C=O) groups excluding carboxylic acids is 1. The van der Waals surface area contributed by atoms with Gasteiger partial charge < -0.3 is 15.4 Å². The summed E-state index contributed by atoms with van der Waals surface area (Å²) >= 11 is 1.56. The predicted molar refractivity (Wildman–Crippen MR) is 157 cm³/mol. The molecular formula is C30H40N4O2S. The number of nitrogens with one attached hydrogen (secondary N) is 2. The Bertz CT molecular complexity index is 1240. The summed E-state index contributed by atoms with van der Waals surface area (Å²) in [5, 5.41) is 11.9. The van der Waals surface area contributed by atoms with Crippen molar-refractivity contribution in [1.29, 1.82) is 0 Å². The van der Waals surface area contributed by atoms with Crippen molar-refractivity contribution in [2.24, 2.45) is 0 Å². The maximum Gasteiger partial charge on any atom is 0.252 e. The molecule has 0 bridgehead atoms. The van der Waals surface area contributed by atoms with Crippen molar-refractivity contribution >= 4 is 34.6 Å². The second kappa shape index (κ2) is 15.7. The first-order valence-electron chi connectivity index (χ1n) is 12.8. The molecule has 4 rings (SSSR count). The Labute approximate surface area is 225 Å². The fraction of sp³-hybridized carbons (Fsp3) is 0.333. The molecule has 198 valence electrons. The van der Waals surface area contributed by atoms with Crippen molar-refractivity contribution in [3.63, 3.8) is 0 Å². The molecule has 1 atom stereocenters. The number of amides is 1. The maximum absolute atomic E-state index is 12.2. The standard InChI is InChI=1S/C25H26N4O2S.C3H8.C2H6/c1-17(31-3)29-23-16-19(32-24-10-5-4-9-21(24)25(30)26-2)12-13-20(23)22(28-29)14-11-18-8-6-7-15-27-18;1-3-2;1-2/h4-14,16-17,27H,15H2,1-3H3,(H,26,30);3H2,1-2H3;1-2H3/b14-11+;;. The van der Waals surface area contributed by atoms with Gasteiger partial charge in [0.25, 0.3) is 5.91 Å². The zero-order chi connectivity index (χ0) is 27.2. The highest BCUT2D eigenvalue weighted by atomic mass is 32.2. The summed E-state index contributed by atoms with van der Waals surface area (Å²) in [6.45, 7) is 11.0. The van der Waals surface area contributed by atoms with Crippen LogP contribution in [0.3, 0.4) is 0 Å². The molecule has 0 radical (unpaired) electrons. The van der Waals surface area contributed by atoms with Gasteiger partial charge in [0.05, 0.1) is 16.8 Å². The Hall–Kier alpha value is -3.29. The Morgan fingerprint density at radius 1 is 1.22 bits per heavy atom. The van der Waals surface area contributed by atoms with Gasteiger partial charge in [0.2, 0.25) is 0 Å². The van der Waals surface area contributed by atoms with Gasteiger partial charge in [-0.15, -0.1) is 0 Å². The van der Waals surface area contributed by atoms with Crippen molar-refractivity contribution in [2.75, 3.05) is 20.7 Å². The molecule has 0 saturated carbocycles. The largest absolute Gasteiger partial charge is 0.382 e. The minimum absolute atomic E-state index is 0.0971. The van der Waals surface area contributed by atoms with Gasteiger partial charge in [-0.3, -0.25) is 4.79 Å². The van der Waals surface area contributed by atoms with Crippen LogP contribution in [0.4, 0.5) is 0 Å². The number of ether oxygens (including phenoxy) is 1. The molecule has 1 amide bonds. The first-order valence-corrected chi connectivity index (χ1v) is 13.7. The summed E-state index contributed by atoms with van der Waals surface area (Å²) in [6.07, 6.45) is 11.2. The van der Waals surface area contributed by atoms with E-state index in [0.29, 0.717) is 5.56 Å². The third-order valence-electron chi connectivity index (χ3n) is 5.24. The van der Waals surface area contributed by atoms with E-state index in [1.54, 1.807) is 25.9 Å². The zero-order valence-corrected chi connectivity index (χ0v) is 23.9. The van der Waals surface area contributed by atoms with Crippen molar-refractivity contribution in [3.05, 3.63) is 83.7 Å². The number of aromatic nitrogens is 2. The number of dihydropyridines is 1. The molecule has 1 aliphatic rings. The lowest BCUT2D eigenvalue weighted by Gasteiger charge is -2.12. The highest BCUT2D eigenvalue weighted by Gasteiger charge is 2.16. The molecule has 2 N–H and O–H groups in total. The fourth-order valence-electron chi connectivity index (χ4n) is 3.47. The van der Waals surface area contributed by atoms with E-state index in [9.17, 15) is 4.79 Å². The summed E-state index contributed by atoms with van der Waals surface area (Å²) < 4.78 is 7.45. The average Bonchev–Trinajstić information content (AvgIpc) is 3.31. The smallest absolute Gasteiger partial charge is 0.252 e. The lowest BCUT2D eigenvalue weighted by atomic mass is 10.2. The minimum Gasteiger partial charge on any atom is -0.382 e. The first-order chi connectivity index (χ1) is 18.0. The average molecular weight is 521 g/mol. The third-order valence-corrected chi connectivity index (χ3v) is 6.30. The van der Waals surface area contributed by atoms with Crippen molar-refractivity contribution in [2.45, 2.75) is 57.1 Å². The monoisotopic (exact) mass is 520 g/mol. The highest BCUT2D eigenvalue weighted by Crippen LogP contribution is 2.34. The van der Waals surface area contributed by atoms with Gasteiger partial charge in [0.1, 0.15) is 6.23 Å². The van der Waals surface area contributed by atoms with Gasteiger partial charge in [-0.25, -0.2) is 4.68 Å². The van der Waals surface area contributed by atoms with Crippen molar-refractivity contribution < 1.29 is 9.53 Å². The molecule has 1 aliphatic heterocycles. The highest BCUT2D eigenvalue weighted by molar-refractivity contribution is 7.99. The lowest BCUT2D eigenvalue weighted by molar-refractivity contribution is 0.0538. The number of hydrogen-bond donors (Lipinski definition) is 2. The van der Waals surface area contributed by atoms with Crippen LogP contribution in [0.15, 0.2) is 82.3 Å². The van der Waals surface area contributed by atoms with Crippen LogP contribution < -0.4 is 10.6 Å². The Kier molecular flexibility index (Phi) is 12.7. The summed E-state index contributed by atoms with van der Waals surface area (Å²) in [5.41, 5.74) is 3.56. The summed E-state index contributed by atoms with van der Waals surface area (Å²) in [6, 6.07) is 13.9. The molecule has 0 aliphatic carbocycles. The Morgan fingerprint density at radius 2 is 1.95 bits per heavy atom. The predicted octanol–water partition coefficient (Wildman–Crippen LogP) is 7.21. The number of benzene rings is 2. The van der Waals surface area contributed by atoms with Gasteiger partial charge in [0.15, 0.2) is 0 Å². The van der Waals surface area contributed by atoms with E-state index < -0.39 is 0 Å². The molecule has 2 aromatic carbocycles. The number of fused-ring (bicyclic) bond motifs is 1. The van der Waals surface area contributed by atoms with E-state index in [1.165, 1.54) is 6.42 Å².